The van der Waals surface area contributed by atoms with Crippen LogP contribution in [-0.2, 0) is 4.79 Å². The summed E-state index contributed by atoms with van der Waals surface area (Å²) in [5, 5.41) is 10.5. The van der Waals surface area contributed by atoms with Gasteiger partial charge in [-0.3, -0.25) is 4.79 Å². The second-order valence-electron chi connectivity index (χ2n) is 9.49. The normalized spacial score (nSPS) is 52.2. The molecule has 0 unspecified atom stereocenters. The number of aliphatic hydroxyl groups is 1. The van der Waals surface area contributed by atoms with Crippen LogP contribution >= 0.6 is 0 Å². The van der Waals surface area contributed by atoms with E-state index in [0.717, 1.165) is 42.6 Å². The predicted molar refractivity (Wildman–Crippen MR) is 91.9 cm³/mol. The monoisotopic (exact) mass is 316 g/mol. The Morgan fingerprint density at radius 3 is 2.57 bits per heavy atom. The molecule has 0 saturated heterocycles. The van der Waals surface area contributed by atoms with E-state index >= 15 is 0 Å². The summed E-state index contributed by atoms with van der Waals surface area (Å²) in [5.74, 6) is 3.31. The third kappa shape index (κ3) is 2.13. The van der Waals surface area contributed by atoms with Crippen LogP contribution < -0.4 is 0 Å². The first-order valence-electron chi connectivity index (χ1n) is 9.74. The lowest BCUT2D eigenvalue weighted by Crippen LogP contribution is -2.53. The van der Waals surface area contributed by atoms with E-state index in [2.05, 4.69) is 19.9 Å². The number of carbonyl (C=O) groups excluding carboxylic acids is 1. The van der Waals surface area contributed by atoms with Gasteiger partial charge in [-0.05, 0) is 98.4 Å². The zero-order chi connectivity index (χ0) is 16.4. The highest BCUT2D eigenvalue weighted by Crippen LogP contribution is 2.65. The lowest BCUT2D eigenvalue weighted by molar-refractivity contribution is -0.118. The quantitative estimate of drug-likeness (QED) is 0.772. The number of rotatable bonds is 1. The van der Waals surface area contributed by atoms with Crippen molar-refractivity contribution in [2.24, 2.45) is 34.5 Å². The maximum atomic E-state index is 11.8. The Hall–Kier alpha value is -0.630. The van der Waals surface area contributed by atoms with Gasteiger partial charge in [0.25, 0.3) is 0 Å². The maximum Gasteiger partial charge on any atom is 0.155 e. The largest absolute Gasteiger partial charge is 0.393 e. The van der Waals surface area contributed by atoms with Crippen LogP contribution in [0.2, 0.25) is 0 Å². The minimum Gasteiger partial charge on any atom is -0.393 e. The molecule has 128 valence electrons. The van der Waals surface area contributed by atoms with Crippen molar-refractivity contribution in [3.05, 3.63) is 11.6 Å². The van der Waals surface area contributed by atoms with E-state index in [0.29, 0.717) is 11.3 Å². The molecule has 23 heavy (non-hydrogen) atoms. The van der Waals surface area contributed by atoms with Gasteiger partial charge in [-0.2, -0.15) is 0 Å². The number of fused-ring (bicyclic) bond motifs is 5. The standard InChI is InChI=1S/C21H32O2/c1-13(22)14-8-10-20(2)15(12-14)4-5-16-17-6-7-19(23)21(17,3)11-9-18(16)20/h8,15-19,23H,4-7,9-12H2,1-3H3/t15-,16+,17+,18+,19-,20+,21+/m1/s1. The Balaban J connectivity index is 1.63. The Morgan fingerprint density at radius 2 is 1.83 bits per heavy atom. The second kappa shape index (κ2) is 5.18. The molecule has 3 fully saturated rings. The molecule has 2 heteroatoms. The number of ketones is 1. The molecule has 0 heterocycles. The molecule has 0 aromatic carbocycles. The minimum absolute atomic E-state index is 0.0745. The molecule has 0 amide bonds. The average molecular weight is 316 g/mol. The van der Waals surface area contributed by atoms with Gasteiger partial charge in [0.15, 0.2) is 5.78 Å². The summed E-state index contributed by atoms with van der Waals surface area (Å²) in [6.45, 7) is 6.59. The molecule has 0 aromatic rings. The molecule has 0 spiro atoms. The van der Waals surface area contributed by atoms with Crippen molar-refractivity contribution in [1.29, 1.82) is 0 Å². The minimum atomic E-state index is -0.0745. The fourth-order valence-corrected chi connectivity index (χ4v) is 7.14. The van der Waals surface area contributed by atoms with Crippen molar-refractivity contribution in [2.75, 3.05) is 0 Å². The van der Waals surface area contributed by atoms with Gasteiger partial charge < -0.3 is 5.11 Å². The highest BCUT2D eigenvalue weighted by atomic mass is 16.3. The van der Waals surface area contributed by atoms with E-state index < -0.39 is 0 Å². The van der Waals surface area contributed by atoms with Crippen LogP contribution in [0.1, 0.15) is 72.1 Å². The Morgan fingerprint density at radius 1 is 1.09 bits per heavy atom. The highest BCUT2D eigenvalue weighted by molar-refractivity contribution is 5.93. The summed E-state index contributed by atoms with van der Waals surface area (Å²) >= 11 is 0. The van der Waals surface area contributed by atoms with Gasteiger partial charge in [-0.25, -0.2) is 0 Å². The van der Waals surface area contributed by atoms with Gasteiger partial charge in [0.2, 0.25) is 0 Å². The fourth-order valence-electron chi connectivity index (χ4n) is 7.14. The van der Waals surface area contributed by atoms with Crippen LogP contribution in [0, 0.1) is 34.5 Å². The molecule has 0 aromatic heterocycles. The van der Waals surface area contributed by atoms with Crippen molar-refractivity contribution in [2.45, 2.75) is 78.2 Å². The third-order valence-corrected chi connectivity index (χ3v) is 8.72. The van der Waals surface area contributed by atoms with Crippen molar-refractivity contribution in [1.82, 2.24) is 0 Å². The molecule has 0 radical (unpaired) electrons. The first-order chi connectivity index (χ1) is 10.9. The summed E-state index contributed by atoms with van der Waals surface area (Å²) in [7, 11) is 0. The number of carbonyl (C=O) groups is 1. The van der Waals surface area contributed by atoms with Gasteiger partial charge in [0, 0.05) is 0 Å². The Bertz CT molecular complexity index is 550. The van der Waals surface area contributed by atoms with Gasteiger partial charge >= 0.3 is 0 Å². The molecular formula is C21H32O2. The molecule has 3 saturated carbocycles. The molecule has 2 nitrogen and oxygen atoms in total. The molecule has 4 rings (SSSR count). The Kier molecular flexibility index (Phi) is 3.58. The topological polar surface area (TPSA) is 37.3 Å². The average Bonchev–Trinajstić information content (AvgIpc) is 2.82. The second-order valence-corrected chi connectivity index (χ2v) is 9.49. The van der Waals surface area contributed by atoms with E-state index in [1.54, 1.807) is 6.92 Å². The van der Waals surface area contributed by atoms with Crippen LogP contribution in [0.25, 0.3) is 0 Å². The predicted octanol–water partition coefficient (Wildman–Crippen LogP) is 4.52. The summed E-state index contributed by atoms with van der Waals surface area (Å²) in [6.07, 6.45) is 11.6. The van der Waals surface area contributed by atoms with Crippen molar-refractivity contribution in [3.8, 4) is 0 Å². The zero-order valence-corrected chi connectivity index (χ0v) is 15.0. The number of hydrogen-bond acceptors (Lipinski definition) is 2. The van der Waals surface area contributed by atoms with Gasteiger partial charge in [-0.1, -0.05) is 19.9 Å². The highest BCUT2D eigenvalue weighted by Gasteiger charge is 2.59. The van der Waals surface area contributed by atoms with E-state index in [1.807, 2.05) is 0 Å². The lowest BCUT2D eigenvalue weighted by atomic mass is 9.45. The number of aliphatic hydroxyl groups excluding tert-OH is 1. The van der Waals surface area contributed by atoms with E-state index in [4.69, 9.17) is 0 Å². The lowest BCUT2D eigenvalue weighted by Gasteiger charge is -2.59. The first kappa shape index (κ1) is 15.9. The SMILES string of the molecule is CC(=O)C1=CC[C@@]2(C)[C@H](CC[C@@H]3[C@@H]2CC[C@]2(C)[C@H](O)CC[C@@H]32)C1. The molecule has 1 N–H and O–H groups in total. The molecule has 0 aliphatic heterocycles. The van der Waals surface area contributed by atoms with Crippen molar-refractivity contribution >= 4 is 5.78 Å². The van der Waals surface area contributed by atoms with Crippen LogP contribution in [-0.4, -0.2) is 17.0 Å². The van der Waals surface area contributed by atoms with Crippen molar-refractivity contribution < 1.29 is 9.90 Å². The summed E-state index contributed by atoms with van der Waals surface area (Å²) < 4.78 is 0. The first-order valence-corrected chi connectivity index (χ1v) is 9.74. The Labute approximate surface area is 140 Å². The summed E-state index contributed by atoms with van der Waals surface area (Å²) in [4.78, 5) is 11.8. The molecular weight excluding hydrogens is 284 g/mol. The summed E-state index contributed by atoms with van der Waals surface area (Å²) in [6, 6.07) is 0. The van der Waals surface area contributed by atoms with Crippen LogP contribution in [0.15, 0.2) is 11.6 Å². The van der Waals surface area contributed by atoms with Gasteiger partial charge in [-0.15, -0.1) is 0 Å². The van der Waals surface area contributed by atoms with Crippen LogP contribution in [0.4, 0.5) is 0 Å². The molecule has 4 aliphatic carbocycles. The van der Waals surface area contributed by atoms with Gasteiger partial charge in [0.05, 0.1) is 6.10 Å². The van der Waals surface area contributed by atoms with Crippen LogP contribution in [0.5, 0.6) is 0 Å². The summed E-state index contributed by atoms with van der Waals surface area (Å²) in [5.41, 5.74) is 1.65. The third-order valence-electron chi connectivity index (χ3n) is 8.72. The zero-order valence-electron chi connectivity index (χ0n) is 15.0. The number of Topliss-reactive ketones (excluding diaryl/α,β-unsaturated/α-hetero) is 1. The number of allylic oxidation sites excluding steroid dienone is 2. The van der Waals surface area contributed by atoms with Crippen LogP contribution in [0.3, 0.4) is 0 Å². The van der Waals surface area contributed by atoms with Crippen molar-refractivity contribution in [3.63, 3.8) is 0 Å². The van der Waals surface area contributed by atoms with E-state index in [-0.39, 0.29) is 17.3 Å². The van der Waals surface area contributed by atoms with Gasteiger partial charge in [0.1, 0.15) is 0 Å². The smallest absolute Gasteiger partial charge is 0.155 e. The van der Waals surface area contributed by atoms with E-state index in [1.165, 1.54) is 32.1 Å². The number of hydrogen-bond donors (Lipinski definition) is 1. The fraction of sp³-hybridized carbons (Fsp3) is 0.857. The molecule has 4 aliphatic rings. The molecule has 7 atom stereocenters. The molecule has 0 bridgehead atoms. The van der Waals surface area contributed by atoms with E-state index in [9.17, 15) is 9.90 Å². The maximum absolute atomic E-state index is 11.8.